The van der Waals surface area contributed by atoms with Crippen LogP contribution in [0.2, 0.25) is 0 Å². The molecule has 2 aromatic heterocycles. The molecule has 0 radical (unpaired) electrons. The summed E-state index contributed by atoms with van der Waals surface area (Å²) in [6.45, 7) is 0.0713. The predicted octanol–water partition coefficient (Wildman–Crippen LogP) is 3.67. The maximum absolute atomic E-state index is 13.6. The number of amides is 2. The van der Waals surface area contributed by atoms with Gasteiger partial charge in [-0.1, -0.05) is 30.0 Å². The van der Waals surface area contributed by atoms with E-state index in [0.29, 0.717) is 23.0 Å². The van der Waals surface area contributed by atoms with Gasteiger partial charge in [-0.3, -0.25) is 9.59 Å². The molecule has 1 N–H and O–H groups in total. The van der Waals surface area contributed by atoms with Gasteiger partial charge >= 0.3 is 0 Å². The number of carbonyl (C=O) groups is 2. The fourth-order valence-corrected chi connectivity index (χ4v) is 6.75. The monoisotopic (exact) mass is 641 g/mol. The zero-order valence-electron chi connectivity index (χ0n) is 23.5. The lowest BCUT2D eigenvalue weighted by atomic mass is 10.0. The molecule has 0 unspecified atom stereocenters. The Morgan fingerprint density at radius 2 is 1.81 bits per heavy atom. The smallest absolute Gasteiger partial charge is 0.253 e. The maximum Gasteiger partial charge on any atom is 0.253 e. The van der Waals surface area contributed by atoms with Gasteiger partial charge in [0.25, 0.3) is 11.8 Å². The van der Waals surface area contributed by atoms with Crippen molar-refractivity contribution in [3.63, 3.8) is 0 Å². The lowest BCUT2D eigenvalue weighted by molar-refractivity contribution is -0.130. The van der Waals surface area contributed by atoms with Crippen molar-refractivity contribution in [1.82, 2.24) is 29.4 Å². The second-order valence-electron chi connectivity index (χ2n) is 9.77. The minimum absolute atomic E-state index is 0.0411. The number of thioether (sulfide) groups is 1. The number of nitrogens with one attached hydrogen (secondary N) is 1. The quantitative estimate of drug-likeness (QED) is 0.262. The number of benzene rings is 2. The van der Waals surface area contributed by atoms with E-state index in [2.05, 4.69) is 20.6 Å². The van der Waals surface area contributed by atoms with Crippen LogP contribution in [-0.2, 0) is 28.4 Å². The molecule has 2 amide bonds. The van der Waals surface area contributed by atoms with Crippen LogP contribution in [0.4, 0.5) is 4.39 Å². The summed E-state index contributed by atoms with van der Waals surface area (Å²) in [6, 6.07) is 15.3. The fourth-order valence-electron chi connectivity index (χ4n) is 4.34. The van der Waals surface area contributed by atoms with E-state index < -0.39 is 15.9 Å². The lowest BCUT2D eigenvalue weighted by Gasteiger charge is -2.21. The summed E-state index contributed by atoms with van der Waals surface area (Å²) >= 11 is 2.74. The summed E-state index contributed by atoms with van der Waals surface area (Å²) in [6.07, 6.45) is 0.518. The molecule has 1 atom stereocenters. The highest BCUT2D eigenvalue weighted by molar-refractivity contribution is 7.99. The molecule has 0 saturated heterocycles. The minimum atomic E-state index is -3.60. The molecule has 1 aliphatic rings. The van der Waals surface area contributed by atoms with Crippen LogP contribution < -0.4 is 5.32 Å². The summed E-state index contributed by atoms with van der Waals surface area (Å²) in [5.74, 6) is -0.472. The second kappa shape index (κ2) is 12.8. The number of nitrogens with zero attached hydrogens (tertiary/aromatic N) is 6. The Hall–Kier alpha value is -3.92. The fraction of sp³-hybridized carbons (Fsp3) is 0.250. The molecule has 0 fully saturated rings. The summed E-state index contributed by atoms with van der Waals surface area (Å²) in [4.78, 5) is 27.1. The Balaban J connectivity index is 1.21. The van der Waals surface area contributed by atoms with Gasteiger partial charge in [0.05, 0.1) is 33.8 Å². The van der Waals surface area contributed by atoms with Gasteiger partial charge in [-0.25, -0.2) is 22.1 Å². The van der Waals surface area contributed by atoms with E-state index >= 15 is 0 Å². The van der Waals surface area contributed by atoms with Gasteiger partial charge < -0.3 is 9.88 Å². The third-order valence-corrected chi connectivity index (χ3v) is 10.5. The molecule has 1 aliphatic heterocycles. The number of aromatic nitrogens is 3. The molecule has 0 saturated carbocycles. The van der Waals surface area contributed by atoms with E-state index in [1.807, 2.05) is 17.5 Å². The first-order valence-corrected chi connectivity index (χ1v) is 16.4. The standard InChI is InChI=1S/C28H28FN7O4S3/c1-34(2)43(39,40)21-12-8-19(9-13-21)27(38)30-16-25-31-32-28(35(25)3)42-17-26(37)36-23(18-6-10-20(29)11-7-18)15-22(33-36)24-5-4-14-41-24/h4-14,23H,15-17H2,1-3H3,(H,30,38)/t23-/m0/s1. The Morgan fingerprint density at radius 1 is 1.09 bits per heavy atom. The van der Waals surface area contributed by atoms with Crippen LogP contribution >= 0.6 is 23.1 Å². The van der Waals surface area contributed by atoms with Gasteiger partial charge in [0.1, 0.15) is 5.82 Å². The Morgan fingerprint density at radius 3 is 2.47 bits per heavy atom. The topological polar surface area (TPSA) is 130 Å². The SMILES string of the molecule is CN(C)S(=O)(=O)c1ccc(C(=O)NCc2nnc(SCC(=O)N3N=C(c4cccs4)C[C@H]3c3ccc(F)cc3)n2C)cc1. The maximum atomic E-state index is 13.6. The number of halogens is 1. The van der Waals surface area contributed by atoms with Crippen molar-refractivity contribution in [2.24, 2.45) is 12.1 Å². The molecule has 15 heteroatoms. The van der Waals surface area contributed by atoms with Crippen LogP contribution in [-0.4, -0.2) is 69.9 Å². The van der Waals surface area contributed by atoms with Crippen molar-refractivity contribution in [2.75, 3.05) is 19.8 Å². The van der Waals surface area contributed by atoms with Gasteiger partial charge in [-0.15, -0.1) is 21.5 Å². The van der Waals surface area contributed by atoms with Crippen molar-refractivity contribution in [3.05, 3.63) is 93.7 Å². The van der Waals surface area contributed by atoms with E-state index in [0.717, 1.165) is 20.5 Å². The van der Waals surface area contributed by atoms with Gasteiger partial charge in [0, 0.05) is 33.1 Å². The Kier molecular flexibility index (Phi) is 9.05. The third kappa shape index (κ3) is 6.69. The zero-order chi connectivity index (χ0) is 30.7. The first kappa shape index (κ1) is 30.5. The average Bonchev–Trinajstić information content (AvgIpc) is 3.76. The molecular formula is C28H28FN7O4S3. The molecule has 2 aromatic carbocycles. The normalized spacial score (nSPS) is 15.1. The van der Waals surface area contributed by atoms with E-state index in [1.165, 1.54) is 67.3 Å². The van der Waals surface area contributed by atoms with Gasteiger partial charge in [0.15, 0.2) is 11.0 Å². The van der Waals surface area contributed by atoms with Gasteiger partial charge in [-0.05, 0) is 53.4 Å². The lowest BCUT2D eigenvalue weighted by Crippen LogP contribution is -2.28. The minimum Gasteiger partial charge on any atom is -0.345 e. The van der Waals surface area contributed by atoms with E-state index in [9.17, 15) is 22.4 Å². The summed E-state index contributed by atoms with van der Waals surface area (Å²) in [7, 11) is 1.01. The highest BCUT2D eigenvalue weighted by Gasteiger charge is 2.33. The number of hydrazone groups is 1. The first-order chi connectivity index (χ1) is 20.5. The highest BCUT2D eigenvalue weighted by atomic mass is 32.2. The van der Waals surface area contributed by atoms with Gasteiger partial charge in [-0.2, -0.15) is 5.10 Å². The summed E-state index contributed by atoms with van der Waals surface area (Å²) in [5, 5.41) is 19.6. The van der Waals surface area contributed by atoms with Crippen LogP contribution in [0.1, 0.15) is 39.1 Å². The van der Waals surface area contributed by atoms with E-state index in [1.54, 1.807) is 35.1 Å². The number of sulfonamides is 1. The highest BCUT2D eigenvalue weighted by Crippen LogP contribution is 2.34. The van der Waals surface area contributed by atoms with Crippen LogP contribution in [0.25, 0.3) is 0 Å². The predicted molar refractivity (Wildman–Crippen MR) is 162 cm³/mol. The second-order valence-corrected chi connectivity index (χ2v) is 13.8. The molecule has 43 heavy (non-hydrogen) atoms. The van der Waals surface area contributed by atoms with Crippen LogP contribution in [0.3, 0.4) is 0 Å². The molecule has 0 bridgehead atoms. The Bertz CT molecular complexity index is 1750. The van der Waals surface area contributed by atoms with Crippen molar-refractivity contribution in [3.8, 4) is 0 Å². The van der Waals surface area contributed by atoms with Crippen LogP contribution in [0.5, 0.6) is 0 Å². The van der Waals surface area contributed by atoms with Crippen molar-refractivity contribution >= 4 is 50.6 Å². The molecule has 0 aliphatic carbocycles. The molecule has 0 spiro atoms. The molecule has 11 nitrogen and oxygen atoms in total. The van der Waals surface area contributed by atoms with Crippen molar-refractivity contribution < 1.29 is 22.4 Å². The number of hydrogen-bond acceptors (Lipinski definition) is 9. The molecule has 3 heterocycles. The summed E-state index contributed by atoms with van der Waals surface area (Å²) in [5.41, 5.74) is 1.89. The van der Waals surface area contributed by atoms with Crippen molar-refractivity contribution in [1.29, 1.82) is 0 Å². The molecule has 5 rings (SSSR count). The molecule has 4 aromatic rings. The van der Waals surface area contributed by atoms with Crippen LogP contribution in [0, 0.1) is 5.82 Å². The summed E-state index contributed by atoms with van der Waals surface area (Å²) < 4.78 is 40.9. The van der Waals surface area contributed by atoms with E-state index in [4.69, 9.17) is 0 Å². The number of thiophene rings is 1. The van der Waals surface area contributed by atoms with E-state index in [-0.39, 0.29) is 35.0 Å². The average molecular weight is 642 g/mol. The van der Waals surface area contributed by atoms with Crippen LogP contribution in [0.15, 0.2) is 81.2 Å². The van der Waals surface area contributed by atoms with Crippen molar-refractivity contribution in [2.45, 2.75) is 29.1 Å². The zero-order valence-corrected chi connectivity index (χ0v) is 25.9. The number of rotatable bonds is 10. The molecular weight excluding hydrogens is 614 g/mol. The number of carbonyl (C=O) groups excluding carboxylic acids is 2. The third-order valence-electron chi connectivity index (χ3n) is 6.78. The number of hydrogen-bond donors (Lipinski definition) is 1. The Labute approximate surface area is 256 Å². The van der Waals surface area contributed by atoms with Gasteiger partial charge in [0.2, 0.25) is 10.0 Å². The largest absolute Gasteiger partial charge is 0.345 e. The molecule has 224 valence electrons. The first-order valence-electron chi connectivity index (χ1n) is 13.1.